The summed E-state index contributed by atoms with van der Waals surface area (Å²) in [6.07, 6.45) is -14.7. The highest BCUT2D eigenvalue weighted by Crippen LogP contribution is 2.43. The highest BCUT2D eigenvalue weighted by atomic mass is 19.4. The lowest BCUT2D eigenvalue weighted by Crippen LogP contribution is -2.46. The number of amides is 3. The topological polar surface area (TPSA) is 108 Å². The molecule has 0 bridgehead atoms. The molecule has 0 saturated carbocycles. The Morgan fingerprint density at radius 3 is 2.10 bits per heavy atom. The molecule has 49 heavy (non-hydrogen) atoms. The number of nitrogens with one attached hydrogen (secondary N) is 3. The number of carbonyl (C=O) groups is 2. The Morgan fingerprint density at radius 2 is 1.55 bits per heavy atom. The van der Waals surface area contributed by atoms with Crippen LogP contribution in [0.5, 0.6) is 0 Å². The van der Waals surface area contributed by atoms with Crippen LogP contribution >= 0.6 is 0 Å². The number of carbonyl (C=O) groups excluding carboxylic acids is 2. The van der Waals surface area contributed by atoms with E-state index in [1.165, 1.54) is 18.1 Å². The molecule has 9 nitrogen and oxygen atoms in total. The maximum atomic E-state index is 13.8. The maximum absolute atomic E-state index is 13.8. The van der Waals surface area contributed by atoms with Gasteiger partial charge in [-0.1, -0.05) is 6.92 Å². The molecule has 0 aliphatic carbocycles. The number of ether oxygens (including phenoxy) is 1. The highest BCUT2D eigenvalue weighted by molar-refractivity contribution is 5.90. The Morgan fingerprint density at radius 1 is 0.918 bits per heavy atom. The Bertz CT molecular complexity index is 1650. The Balaban J connectivity index is 1.80. The summed E-state index contributed by atoms with van der Waals surface area (Å²) in [4.78, 5) is 34.5. The van der Waals surface area contributed by atoms with Crippen LogP contribution in [0.15, 0.2) is 42.6 Å². The summed E-state index contributed by atoms with van der Waals surface area (Å²) in [6.45, 7) is 3.08. The van der Waals surface area contributed by atoms with Crippen LogP contribution in [0.1, 0.15) is 71.8 Å². The van der Waals surface area contributed by atoms with Gasteiger partial charge in [-0.2, -0.15) is 39.5 Å². The summed E-state index contributed by atoms with van der Waals surface area (Å²) in [5, 5.41) is 7.70. The van der Waals surface area contributed by atoms with Crippen molar-refractivity contribution < 1.29 is 53.8 Å². The van der Waals surface area contributed by atoms with E-state index in [1.807, 2.05) is 0 Å². The van der Waals surface area contributed by atoms with Crippen molar-refractivity contribution in [3.05, 3.63) is 81.7 Å². The smallest absolute Gasteiger partial charge is 0.416 e. The fraction of sp³-hybridized carbons (Fsp3) is 0.419. The van der Waals surface area contributed by atoms with Gasteiger partial charge in [0.2, 0.25) is 5.95 Å². The molecule has 3 aromatic rings. The number of alkyl halides is 9. The van der Waals surface area contributed by atoms with Crippen LogP contribution < -0.4 is 20.9 Å². The minimum Gasteiger partial charge on any atom is -0.449 e. The van der Waals surface area contributed by atoms with E-state index in [0.717, 1.165) is 18.2 Å². The van der Waals surface area contributed by atoms with Crippen molar-refractivity contribution >= 4 is 23.8 Å². The summed E-state index contributed by atoms with van der Waals surface area (Å²) >= 11 is 0. The SMILES string of the molecule is CCOC(=O)N1c2ccc(C(F)(F)F)cc2[C@@H](Nc2ncc(CNC(=O)NC)c(Cc3cc(C(F)(F)F)cc(C(F)(F)F)c3)n2)C[C@H]1CC. The van der Waals surface area contributed by atoms with Crippen molar-refractivity contribution in [1.29, 1.82) is 0 Å². The van der Waals surface area contributed by atoms with Crippen LogP contribution in [0.4, 0.5) is 60.7 Å². The molecule has 2 aromatic carbocycles. The van der Waals surface area contributed by atoms with Gasteiger partial charge in [-0.05, 0) is 67.3 Å². The van der Waals surface area contributed by atoms with Crippen molar-refractivity contribution in [3.8, 4) is 0 Å². The van der Waals surface area contributed by atoms with Crippen molar-refractivity contribution in [1.82, 2.24) is 20.6 Å². The van der Waals surface area contributed by atoms with Gasteiger partial charge in [0.05, 0.1) is 40.7 Å². The lowest BCUT2D eigenvalue weighted by atomic mass is 9.89. The number of rotatable bonds is 8. The minimum absolute atomic E-state index is 0.00995. The summed E-state index contributed by atoms with van der Waals surface area (Å²) < 4.78 is 128. The third-order valence-electron chi connectivity index (χ3n) is 7.74. The molecule has 0 fully saturated rings. The minimum atomic E-state index is -5.10. The number of hydrogen-bond donors (Lipinski definition) is 3. The number of hydrogen-bond acceptors (Lipinski definition) is 6. The molecule has 2 heterocycles. The number of fused-ring (bicyclic) bond motifs is 1. The molecule has 0 radical (unpaired) electrons. The summed E-state index contributed by atoms with van der Waals surface area (Å²) in [7, 11) is 1.32. The van der Waals surface area contributed by atoms with Crippen LogP contribution in [0, 0.1) is 0 Å². The van der Waals surface area contributed by atoms with Crippen LogP contribution in [0.25, 0.3) is 0 Å². The standard InChI is InChI=1S/C31H31F9N6O3/c1-4-21-13-24(22-12-18(29(32,33)34)6-7-25(22)46(21)28(48)49-5-2)45-26-42-14-17(15-43-27(47)41-3)23(44-26)10-16-8-19(30(35,36)37)11-20(9-16)31(38,39)40/h6-9,11-12,14,21,24H,4-5,10,13,15H2,1-3H3,(H2,41,43,47)(H,42,44,45)/t21-,24+/m1/s1. The Labute approximate surface area is 274 Å². The van der Waals surface area contributed by atoms with Crippen molar-refractivity contribution in [2.24, 2.45) is 0 Å². The monoisotopic (exact) mass is 706 g/mol. The fourth-order valence-electron chi connectivity index (χ4n) is 5.40. The lowest BCUT2D eigenvalue weighted by Gasteiger charge is -2.40. The zero-order chi connectivity index (χ0) is 36.3. The predicted octanol–water partition coefficient (Wildman–Crippen LogP) is 7.85. The number of aromatic nitrogens is 2. The molecular weight excluding hydrogens is 675 g/mol. The van der Waals surface area contributed by atoms with Crippen LogP contribution in [-0.2, 0) is 36.2 Å². The van der Waals surface area contributed by atoms with E-state index in [2.05, 4.69) is 25.9 Å². The molecular formula is C31H31F9N6O3. The van der Waals surface area contributed by atoms with Gasteiger partial charge in [0.1, 0.15) is 0 Å². The predicted molar refractivity (Wildman–Crippen MR) is 159 cm³/mol. The zero-order valence-corrected chi connectivity index (χ0v) is 26.2. The number of urea groups is 1. The van der Waals surface area contributed by atoms with Gasteiger partial charge in [0, 0.05) is 37.8 Å². The van der Waals surface area contributed by atoms with E-state index in [-0.39, 0.29) is 54.1 Å². The van der Waals surface area contributed by atoms with E-state index in [4.69, 9.17) is 4.74 Å². The number of benzene rings is 2. The molecule has 3 N–H and O–H groups in total. The van der Waals surface area contributed by atoms with Crippen molar-refractivity contribution in [3.63, 3.8) is 0 Å². The second-order valence-corrected chi connectivity index (χ2v) is 11.0. The number of nitrogens with zero attached hydrogens (tertiary/aromatic N) is 3. The number of anilines is 2. The zero-order valence-electron chi connectivity index (χ0n) is 26.2. The van der Waals surface area contributed by atoms with E-state index >= 15 is 0 Å². The quantitative estimate of drug-likeness (QED) is 0.206. The van der Waals surface area contributed by atoms with E-state index in [1.54, 1.807) is 13.8 Å². The van der Waals surface area contributed by atoms with Gasteiger partial charge in [-0.15, -0.1) is 0 Å². The van der Waals surface area contributed by atoms with Crippen LogP contribution in [0.3, 0.4) is 0 Å². The Kier molecular flexibility index (Phi) is 10.9. The first-order valence-electron chi connectivity index (χ1n) is 14.9. The second kappa shape index (κ2) is 14.4. The molecule has 1 aliphatic heterocycles. The molecule has 0 saturated heterocycles. The van der Waals surface area contributed by atoms with Gasteiger partial charge >= 0.3 is 30.7 Å². The molecule has 266 valence electrons. The summed E-state index contributed by atoms with van der Waals surface area (Å²) in [5.74, 6) is -0.213. The average molecular weight is 707 g/mol. The maximum Gasteiger partial charge on any atom is 0.416 e. The van der Waals surface area contributed by atoms with E-state index in [9.17, 15) is 49.1 Å². The van der Waals surface area contributed by atoms with Gasteiger partial charge in [-0.3, -0.25) is 4.90 Å². The fourth-order valence-corrected chi connectivity index (χ4v) is 5.40. The lowest BCUT2D eigenvalue weighted by molar-refractivity contribution is -0.143. The van der Waals surface area contributed by atoms with E-state index in [0.29, 0.717) is 18.6 Å². The molecule has 4 rings (SSSR count). The van der Waals surface area contributed by atoms with E-state index < -0.39 is 71.4 Å². The molecule has 1 aliphatic rings. The van der Waals surface area contributed by atoms with Gasteiger partial charge in [0.25, 0.3) is 0 Å². The van der Waals surface area contributed by atoms with Crippen molar-refractivity contribution in [2.75, 3.05) is 23.9 Å². The second-order valence-electron chi connectivity index (χ2n) is 11.0. The summed E-state index contributed by atoms with van der Waals surface area (Å²) in [6, 6.07) is 1.80. The third kappa shape index (κ3) is 8.83. The molecule has 0 unspecified atom stereocenters. The van der Waals surface area contributed by atoms with Crippen LogP contribution in [-0.4, -0.2) is 41.8 Å². The van der Waals surface area contributed by atoms with Gasteiger partial charge in [-0.25, -0.2) is 19.6 Å². The first kappa shape index (κ1) is 37.1. The van der Waals surface area contributed by atoms with Gasteiger partial charge < -0.3 is 20.7 Å². The van der Waals surface area contributed by atoms with Crippen molar-refractivity contribution in [2.45, 2.75) is 70.3 Å². The normalized spacial score (nSPS) is 16.5. The molecule has 18 heteroatoms. The first-order chi connectivity index (χ1) is 22.8. The molecule has 2 atom stereocenters. The van der Waals surface area contributed by atoms with Crippen LogP contribution in [0.2, 0.25) is 0 Å². The Hall–Kier alpha value is -4.77. The molecule has 0 spiro atoms. The highest BCUT2D eigenvalue weighted by Gasteiger charge is 2.40. The largest absolute Gasteiger partial charge is 0.449 e. The number of halogens is 9. The van der Waals surface area contributed by atoms with Gasteiger partial charge in [0.15, 0.2) is 0 Å². The average Bonchev–Trinajstić information content (AvgIpc) is 3.02. The first-order valence-corrected chi connectivity index (χ1v) is 14.9. The third-order valence-corrected chi connectivity index (χ3v) is 7.74. The summed E-state index contributed by atoms with van der Waals surface area (Å²) in [5.41, 5.74) is -4.21. The molecule has 1 aromatic heterocycles. The molecule has 3 amide bonds.